The Morgan fingerprint density at radius 1 is 1.00 bits per heavy atom. The van der Waals surface area contributed by atoms with Gasteiger partial charge in [0, 0.05) is 44.0 Å². The van der Waals surface area contributed by atoms with Crippen LogP contribution in [0.2, 0.25) is 10.0 Å². The molecule has 0 bridgehead atoms. The maximum absolute atomic E-state index is 12.5. The molecule has 1 fully saturated rings. The number of carbonyl (C=O) groups excluding carboxylic acids is 1. The van der Waals surface area contributed by atoms with Gasteiger partial charge in [0.2, 0.25) is 5.91 Å². The summed E-state index contributed by atoms with van der Waals surface area (Å²) in [5.41, 5.74) is 1.83. The summed E-state index contributed by atoms with van der Waals surface area (Å²) in [5.74, 6) is 0.0479. The minimum absolute atomic E-state index is 0.0479. The number of non-ortho nitro benzene ring substituents is 1. The number of nitro groups is 1. The molecule has 2 aromatic carbocycles. The van der Waals surface area contributed by atoms with Crippen LogP contribution >= 0.6 is 23.2 Å². The Bertz CT molecular complexity index is 819. The van der Waals surface area contributed by atoms with Crippen molar-refractivity contribution in [1.82, 2.24) is 4.90 Å². The van der Waals surface area contributed by atoms with Crippen molar-refractivity contribution >= 4 is 40.5 Å². The monoisotopic (exact) mass is 393 g/mol. The zero-order chi connectivity index (χ0) is 18.7. The Hall–Kier alpha value is -2.31. The third kappa shape index (κ3) is 4.26. The SMILES string of the molecule is O=C(Cc1ccc(Cl)c(Cl)c1)N1CCN(c2ccc([N+](=O)[O-])cc2)CC1. The summed E-state index contributed by atoms with van der Waals surface area (Å²) in [6.45, 7) is 2.59. The summed E-state index contributed by atoms with van der Waals surface area (Å²) < 4.78 is 0. The number of nitro benzene ring substituents is 1. The van der Waals surface area contributed by atoms with Gasteiger partial charge < -0.3 is 9.80 Å². The molecule has 1 saturated heterocycles. The second-order valence-corrected chi connectivity index (χ2v) is 6.88. The molecule has 0 saturated carbocycles. The van der Waals surface area contributed by atoms with Gasteiger partial charge in [0.1, 0.15) is 0 Å². The Morgan fingerprint density at radius 3 is 2.23 bits per heavy atom. The van der Waals surface area contributed by atoms with Crippen LogP contribution in [0.4, 0.5) is 11.4 Å². The Morgan fingerprint density at radius 2 is 1.65 bits per heavy atom. The van der Waals surface area contributed by atoms with Crippen molar-refractivity contribution in [2.24, 2.45) is 0 Å². The third-order valence-electron chi connectivity index (χ3n) is 4.40. The van der Waals surface area contributed by atoms with Gasteiger partial charge in [-0.15, -0.1) is 0 Å². The summed E-state index contributed by atoms with van der Waals surface area (Å²) >= 11 is 11.9. The minimum Gasteiger partial charge on any atom is -0.368 e. The zero-order valence-electron chi connectivity index (χ0n) is 13.9. The predicted molar refractivity (Wildman–Crippen MR) is 102 cm³/mol. The molecule has 3 rings (SSSR count). The second-order valence-electron chi connectivity index (χ2n) is 6.07. The number of rotatable bonds is 4. The minimum atomic E-state index is -0.413. The molecule has 1 amide bonds. The van der Waals surface area contributed by atoms with E-state index < -0.39 is 4.92 Å². The molecule has 136 valence electrons. The van der Waals surface area contributed by atoms with Gasteiger partial charge >= 0.3 is 0 Å². The van der Waals surface area contributed by atoms with Crippen molar-refractivity contribution in [2.45, 2.75) is 6.42 Å². The fourth-order valence-electron chi connectivity index (χ4n) is 2.94. The van der Waals surface area contributed by atoms with Crippen LogP contribution in [0.25, 0.3) is 0 Å². The van der Waals surface area contributed by atoms with Crippen molar-refractivity contribution in [3.05, 3.63) is 68.2 Å². The first-order chi connectivity index (χ1) is 12.4. The van der Waals surface area contributed by atoms with E-state index in [1.165, 1.54) is 12.1 Å². The van der Waals surface area contributed by atoms with E-state index in [9.17, 15) is 14.9 Å². The van der Waals surface area contributed by atoms with Crippen LogP contribution in [-0.2, 0) is 11.2 Å². The summed E-state index contributed by atoms with van der Waals surface area (Å²) in [5, 5.41) is 11.6. The maximum Gasteiger partial charge on any atom is 0.269 e. The van der Waals surface area contributed by atoms with E-state index in [-0.39, 0.29) is 18.0 Å². The van der Waals surface area contributed by atoms with E-state index in [4.69, 9.17) is 23.2 Å². The molecule has 0 radical (unpaired) electrons. The molecule has 26 heavy (non-hydrogen) atoms. The normalized spacial score (nSPS) is 14.4. The quantitative estimate of drug-likeness (QED) is 0.585. The van der Waals surface area contributed by atoms with Gasteiger partial charge in [-0.25, -0.2) is 0 Å². The highest BCUT2D eigenvalue weighted by molar-refractivity contribution is 6.42. The van der Waals surface area contributed by atoms with Gasteiger partial charge in [0.05, 0.1) is 21.4 Å². The summed E-state index contributed by atoms with van der Waals surface area (Å²) in [4.78, 5) is 26.7. The lowest BCUT2D eigenvalue weighted by atomic mass is 10.1. The molecule has 0 aliphatic carbocycles. The molecule has 1 aliphatic heterocycles. The van der Waals surface area contributed by atoms with Gasteiger partial charge in [-0.3, -0.25) is 14.9 Å². The third-order valence-corrected chi connectivity index (χ3v) is 5.14. The molecule has 1 aliphatic rings. The van der Waals surface area contributed by atoms with Crippen LogP contribution in [0.3, 0.4) is 0 Å². The first kappa shape index (κ1) is 18.5. The number of halogens is 2. The molecule has 0 atom stereocenters. The lowest BCUT2D eigenvalue weighted by Crippen LogP contribution is -2.49. The fourth-order valence-corrected chi connectivity index (χ4v) is 3.26. The van der Waals surface area contributed by atoms with Crippen molar-refractivity contribution < 1.29 is 9.72 Å². The van der Waals surface area contributed by atoms with Gasteiger partial charge in [-0.2, -0.15) is 0 Å². The predicted octanol–water partition coefficient (Wildman–Crippen LogP) is 3.79. The van der Waals surface area contributed by atoms with Crippen LogP contribution < -0.4 is 4.90 Å². The molecule has 0 unspecified atom stereocenters. The lowest BCUT2D eigenvalue weighted by molar-refractivity contribution is -0.384. The topological polar surface area (TPSA) is 66.7 Å². The number of benzene rings is 2. The first-order valence-corrected chi connectivity index (χ1v) is 8.91. The Kier molecular flexibility index (Phi) is 5.64. The maximum atomic E-state index is 12.5. The Balaban J connectivity index is 1.56. The number of piperazine rings is 1. The average molecular weight is 394 g/mol. The number of amides is 1. The molecule has 8 heteroatoms. The average Bonchev–Trinajstić information content (AvgIpc) is 2.65. The number of hydrogen-bond donors (Lipinski definition) is 0. The molecule has 1 heterocycles. The molecular formula is C18H17Cl2N3O3. The van der Waals surface area contributed by atoms with Crippen molar-refractivity contribution in [1.29, 1.82) is 0 Å². The van der Waals surface area contributed by atoms with Gasteiger partial charge in [-0.05, 0) is 29.8 Å². The molecule has 0 spiro atoms. The van der Waals surface area contributed by atoms with E-state index in [2.05, 4.69) is 4.90 Å². The van der Waals surface area contributed by atoms with Crippen molar-refractivity contribution in [3.8, 4) is 0 Å². The smallest absolute Gasteiger partial charge is 0.269 e. The highest BCUT2D eigenvalue weighted by atomic mass is 35.5. The van der Waals surface area contributed by atoms with Crippen LogP contribution in [0, 0.1) is 10.1 Å². The molecule has 6 nitrogen and oxygen atoms in total. The van der Waals surface area contributed by atoms with E-state index in [0.717, 1.165) is 11.3 Å². The standard InChI is InChI=1S/C18H17Cl2N3O3/c19-16-6-1-13(11-17(16)20)12-18(24)22-9-7-21(8-10-22)14-2-4-15(5-3-14)23(25)26/h1-6,11H,7-10,12H2. The number of anilines is 1. The molecule has 0 aromatic heterocycles. The highest BCUT2D eigenvalue weighted by Gasteiger charge is 2.22. The zero-order valence-corrected chi connectivity index (χ0v) is 15.4. The van der Waals surface area contributed by atoms with E-state index in [0.29, 0.717) is 36.2 Å². The summed E-state index contributed by atoms with van der Waals surface area (Å²) in [7, 11) is 0. The molecule has 0 N–H and O–H groups in total. The number of carbonyl (C=O) groups is 1. The highest BCUT2D eigenvalue weighted by Crippen LogP contribution is 2.24. The summed E-state index contributed by atoms with van der Waals surface area (Å²) in [6.07, 6.45) is 0.286. The molecule has 2 aromatic rings. The van der Waals surface area contributed by atoms with Gasteiger partial charge in [-0.1, -0.05) is 29.3 Å². The van der Waals surface area contributed by atoms with E-state index in [1.807, 2.05) is 4.90 Å². The van der Waals surface area contributed by atoms with Crippen molar-refractivity contribution in [3.63, 3.8) is 0 Å². The largest absolute Gasteiger partial charge is 0.368 e. The second kappa shape index (κ2) is 7.93. The van der Waals surface area contributed by atoms with E-state index >= 15 is 0 Å². The number of nitrogens with zero attached hydrogens (tertiary/aromatic N) is 3. The Labute approximate surface area is 161 Å². The lowest BCUT2D eigenvalue weighted by Gasteiger charge is -2.36. The summed E-state index contributed by atoms with van der Waals surface area (Å²) in [6, 6.07) is 11.7. The fraction of sp³-hybridized carbons (Fsp3) is 0.278. The van der Waals surface area contributed by atoms with Crippen molar-refractivity contribution in [2.75, 3.05) is 31.1 Å². The molecular weight excluding hydrogens is 377 g/mol. The van der Waals surface area contributed by atoms with Crippen LogP contribution in [0.5, 0.6) is 0 Å². The van der Waals surface area contributed by atoms with E-state index in [1.54, 1.807) is 30.3 Å². The van der Waals surface area contributed by atoms with Gasteiger partial charge in [0.15, 0.2) is 0 Å². The van der Waals surface area contributed by atoms with Gasteiger partial charge in [0.25, 0.3) is 5.69 Å². The first-order valence-electron chi connectivity index (χ1n) is 8.15. The van der Waals surface area contributed by atoms with Crippen LogP contribution in [0.15, 0.2) is 42.5 Å². The van der Waals surface area contributed by atoms with Crippen LogP contribution in [-0.4, -0.2) is 41.9 Å². The number of hydrogen-bond acceptors (Lipinski definition) is 4. The van der Waals surface area contributed by atoms with Crippen LogP contribution in [0.1, 0.15) is 5.56 Å².